The third-order valence-corrected chi connectivity index (χ3v) is 10.0. The number of likely N-dealkylation sites (tertiary alicyclic amines) is 1. The highest BCUT2D eigenvalue weighted by molar-refractivity contribution is 6.02. The number of halogens is 2. The zero-order chi connectivity index (χ0) is 37.6. The van der Waals surface area contributed by atoms with Crippen LogP contribution in [0.1, 0.15) is 71.8 Å². The Morgan fingerprint density at radius 2 is 1.90 bits per heavy atom. The topological polar surface area (TPSA) is 129 Å². The number of aromatic amines is 1. The maximum Gasteiger partial charge on any atom is 0.281 e. The Bertz CT molecular complexity index is 2290. The number of carbonyl (C=O) groups is 2. The third kappa shape index (κ3) is 6.49. The molecule has 11 nitrogen and oxygen atoms in total. The molecule has 2 atom stereocenters. The summed E-state index contributed by atoms with van der Waals surface area (Å²) in [5, 5.41) is 11.0. The fourth-order valence-corrected chi connectivity index (χ4v) is 7.43. The van der Waals surface area contributed by atoms with Crippen molar-refractivity contribution in [3.05, 3.63) is 93.2 Å². The maximum absolute atomic E-state index is 16.9. The molecule has 1 aliphatic rings. The van der Waals surface area contributed by atoms with Crippen LogP contribution in [0.15, 0.2) is 53.9 Å². The van der Waals surface area contributed by atoms with E-state index in [9.17, 15) is 14.0 Å². The molecule has 2 N–H and O–H groups in total. The fourth-order valence-electron chi connectivity index (χ4n) is 7.43. The van der Waals surface area contributed by atoms with Gasteiger partial charge in [-0.3, -0.25) is 29.0 Å². The van der Waals surface area contributed by atoms with Crippen molar-refractivity contribution in [2.45, 2.75) is 52.9 Å². The van der Waals surface area contributed by atoms with Crippen molar-refractivity contribution in [2.24, 2.45) is 5.92 Å². The number of hydrogen-bond donors (Lipinski definition) is 2. The molecule has 0 aliphatic carbocycles. The van der Waals surface area contributed by atoms with Gasteiger partial charge in [0.05, 0.1) is 23.1 Å². The Labute approximate surface area is 300 Å². The lowest BCUT2D eigenvalue weighted by atomic mass is 9.78. The smallest absolute Gasteiger partial charge is 0.281 e. The summed E-state index contributed by atoms with van der Waals surface area (Å²) in [5.74, 6) is -4.06. The summed E-state index contributed by atoms with van der Waals surface area (Å²) in [6, 6.07) is 6.87. The number of fused-ring (bicyclic) bond motifs is 2. The third-order valence-electron chi connectivity index (χ3n) is 10.0. The number of nitrogens with one attached hydrogen (secondary N) is 2. The molecule has 0 bridgehead atoms. The molecule has 5 aromatic rings. The van der Waals surface area contributed by atoms with Crippen molar-refractivity contribution >= 4 is 33.8 Å². The Morgan fingerprint density at radius 1 is 1.15 bits per heavy atom. The van der Waals surface area contributed by atoms with E-state index in [2.05, 4.69) is 27.1 Å². The van der Waals surface area contributed by atoms with Gasteiger partial charge in [-0.2, -0.15) is 5.10 Å². The van der Waals surface area contributed by atoms with E-state index < -0.39 is 34.9 Å². The SMILES string of the molecule is C=C(F)C(=O)N1CCC(c2c(C(=O)NCCN(C)C)c(=O)n(-c3c(C)ccnc3C(C)C)c3nc(-c4c(C)ccc5[nH]ncc45)c(F)cc23)[C@@H](C)C1. The van der Waals surface area contributed by atoms with Gasteiger partial charge in [0.1, 0.15) is 22.7 Å². The van der Waals surface area contributed by atoms with Gasteiger partial charge in [-0.25, -0.2) is 13.8 Å². The Balaban J connectivity index is 1.73. The molecule has 5 heterocycles. The number of hydrogen-bond acceptors (Lipinski definition) is 7. The summed E-state index contributed by atoms with van der Waals surface area (Å²) in [6.07, 6.45) is 3.58. The average molecular weight is 711 g/mol. The largest absolute Gasteiger partial charge is 0.351 e. The standard InChI is InChI=1S/C39H44F2N8O3/c1-20(2)33-35(22(4)11-13-42-33)49-36-26(17-28(41)34(45-36)30-21(3)9-10-29-27(30)18-44-46-29)31(32(39(49)52)37(50)43-14-16-47(7)8)25-12-15-48(19-23(25)5)38(51)24(6)40/h9-11,13,17-18,20,23,25H,6,12,14-16,19H2,1-5,7-8H3,(H,43,50)(H,44,46)/t23-,25?/m0/s1. The lowest BCUT2D eigenvalue weighted by molar-refractivity contribution is -0.130. The fraction of sp³-hybridized carbons (Fsp3) is 0.385. The minimum Gasteiger partial charge on any atom is -0.351 e. The van der Waals surface area contributed by atoms with Crippen LogP contribution in [0, 0.1) is 25.6 Å². The molecule has 1 unspecified atom stereocenters. The molecule has 0 saturated carbocycles. The second kappa shape index (κ2) is 14.4. The van der Waals surface area contributed by atoms with Crippen LogP contribution in [-0.4, -0.2) is 86.6 Å². The van der Waals surface area contributed by atoms with Gasteiger partial charge < -0.3 is 15.1 Å². The van der Waals surface area contributed by atoms with Crippen molar-refractivity contribution < 1.29 is 18.4 Å². The number of aromatic nitrogens is 5. The number of aryl methyl sites for hydroxylation is 2. The van der Waals surface area contributed by atoms with Gasteiger partial charge in [0.25, 0.3) is 17.4 Å². The van der Waals surface area contributed by atoms with E-state index in [4.69, 9.17) is 4.98 Å². The Hall–Kier alpha value is -5.30. The van der Waals surface area contributed by atoms with Gasteiger partial charge in [0, 0.05) is 48.7 Å². The summed E-state index contributed by atoms with van der Waals surface area (Å²) < 4.78 is 32.2. The van der Waals surface area contributed by atoms with E-state index in [0.717, 1.165) is 11.1 Å². The van der Waals surface area contributed by atoms with E-state index in [-0.39, 0.29) is 54.8 Å². The first kappa shape index (κ1) is 36.5. The zero-order valence-electron chi connectivity index (χ0n) is 30.6. The predicted molar refractivity (Wildman–Crippen MR) is 198 cm³/mol. The summed E-state index contributed by atoms with van der Waals surface area (Å²) in [4.78, 5) is 55.1. The number of benzene rings is 1. The molecule has 52 heavy (non-hydrogen) atoms. The van der Waals surface area contributed by atoms with E-state index in [1.807, 2.05) is 65.7 Å². The quantitative estimate of drug-likeness (QED) is 0.182. The molecule has 0 radical (unpaired) electrons. The molecule has 1 saturated heterocycles. The van der Waals surface area contributed by atoms with E-state index in [1.165, 1.54) is 15.5 Å². The molecule has 0 spiro atoms. The van der Waals surface area contributed by atoms with Crippen molar-refractivity contribution in [1.82, 2.24) is 39.8 Å². The van der Waals surface area contributed by atoms with Crippen LogP contribution < -0.4 is 10.9 Å². The maximum atomic E-state index is 16.9. The highest BCUT2D eigenvalue weighted by Gasteiger charge is 2.37. The van der Waals surface area contributed by atoms with Crippen LogP contribution in [0.25, 0.3) is 38.9 Å². The molecular weight excluding hydrogens is 666 g/mol. The van der Waals surface area contributed by atoms with Crippen molar-refractivity contribution in [1.29, 1.82) is 0 Å². The lowest BCUT2D eigenvalue weighted by Crippen LogP contribution is -2.44. The second-order valence-electron chi connectivity index (χ2n) is 14.3. The normalized spacial score (nSPS) is 16.3. The van der Waals surface area contributed by atoms with Gasteiger partial charge >= 0.3 is 0 Å². The minimum absolute atomic E-state index is 0.0295. The van der Waals surface area contributed by atoms with Crippen LogP contribution in [0.3, 0.4) is 0 Å². The Kier molecular flexibility index (Phi) is 10.1. The highest BCUT2D eigenvalue weighted by Crippen LogP contribution is 2.41. The van der Waals surface area contributed by atoms with Crippen molar-refractivity contribution in [2.75, 3.05) is 40.3 Å². The summed E-state index contributed by atoms with van der Waals surface area (Å²) in [5.41, 5.74) is 3.59. The summed E-state index contributed by atoms with van der Waals surface area (Å²) in [6.45, 7) is 13.8. The average Bonchev–Trinajstić information content (AvgIpc) is 3.56. The predicted octanol–water partition coefficient (Wildman–Crippen LogP) is 5.93. The molecule has 2 amide bonds. The van der Waals surface area contributed by atoms with E-state index >= 15 is 9.18 Å². The van der Waals surface area contributed by atoms with Crippen molar-refractivity contribution in [3.63, 3.8) is 0 Å². The first-order valence-corrected chi connectivity index (χ1v) is 17.5. The lowest BCUT2D eigenvalue weighted by Gasteiger charge is -2.38. The van der Waals surface area contributed by atoms with Crippen LogP contribution in [0.2, 0.25) is 0 Å². The van der Waals surface area contributed by atoms with Crippen LogP contribution >= 0.6 is 0 Å². The van der Waals surface area contributed by atoms with Crippen LogP contribution in [-0.2, 0) is 4.79 Å². The monoisotopic (exact) mass is 710 g/mol. The molecule has 6 rings (SSSR count). The van der Waals surface area contributed by atoms with E-state index in [0.29, 0.717) is 45.3 Å². The van der Waals surface area contributed by atoms with Crippen LogP contribution in [0.4, 0.5) is 8.78 Å². The van der Waals surface area contributed by atoms with Gasteiger partial charge in [0.15, 0.2) is 5.83 Å². The molecule has 13 heteroatoms. The number of piperidine rings is 1. The molecule has 1 aliphatic heterocycles. The van der Waals surface area contributed by atoms with Gasteiger partial charge in [-0.1, -0.05) is 33.4 Å². The minimum atomic E-state index is -1.06. The number of rotatable bonds is 9. The molecular formula is C39H44F2N8O3. The first-order valence-electron chi connectivity index (χ1n) is 17.5. The van der Waals surface area contributed by atoms with Gasteiger partial charge in [-0.05, 0) is 87.0 Å². The number of nitrogens with zero attached hydrogens (tertiary/aromatic N) is 6. The summed E-state index contributed by atoms with van der Waals surface area (Å²) >= 11 is 0. The molecule has 1 aromatic carbocycles. The highest BCUT2D eigenvalue weighted by atomic mass is 19.1. The number of pyridine rings is 3. The Morgan fingerprint density at radius 3 is 2.58 bits per heavy atom. The number of likely N-dealkylation sites (N-methyl/N-ethyl adjacent to an activating group) is 1. The number of amides is 2. The molecule has 272 valence electrons. The number of H-pyrrole nitrogens is 1. The molecule has 1 fully saturated rings. The number of carbonyl (C=O) groups excluding carboxylic acids is 2. The second-order valence-corrected chi connectivity index (χ2v) is 14.3. The first-order chi connectivity index (χ1) is 24.7. The molecule has 4 aromatic heterocycles. The summed E-state index contributed by atoms with van der Waals surface area (Å²) in [7, 11) is 3.75. The van der Waals surface area contributed by atoms with Crippen molar-refractivity contribution in [3.8, 4) is 16.9 Å². The van der Waals surface area contributed by atoms with Crippen LogP contribution in [0.5, 0.6) is 0 Å². The zero-order valence-corrected chi connectivity index (χ0v) is 30.6. The van der Waals surface area contributed by atoms with Gasteiger partial charge in [0.2, 0.25) is 0 Å². The van der Waals surface area contributed by atoms with E-state index in [1.54, 1.807) is 18.5 Å². The van der Waals surface area contributed by atoms with Gasteiger partial charge in [-0.15, -0.1) is 0 Å².